The number of ether oxygens (including phenoxy) is 1. The molecule has 0 aliphatic carbocycles. The zero-order chi connectivity index (χ0) is 13.4. The molecule has 0 saturated carbocycles. The highest BCUT2D eigenvalue weighted by molar-refractivity contribution is 6.31. The maximum absolute atomic E-state index is 11.7. The zero-order valence-electron chi connectivity index (χ0n) is 11.2. The minimum Gasteiger partial charge on any atom is -0.462 e. The Hall–Kier alpha value is -1.02. The summed E-state index contributed by atoms with van der Waals surface area (Å²) >= 11 is 6.16. The maximum atomic E-state index is 11.7. The van der Waals surface area contributed by atoms with Crippen molar-refractivity contribution in [1.82, 2.24) is 0 Å². The summed E-state index contributed by atoms with van der Waals surface area (Å²) in [6.07, 6.45) is 5.12. The molecule has 0 amide bonds. The molecular formula is C15H21ClO2. The van der Waals surface area contributed by atoms with E-state index in [0.29, 0.717) is 17.2 Å². The highest BCUT2D eigenvalue weighted by atomic mass is 35.5. The minimum atomic E-state index is -0.285. The molecule has 1 rings (SSSR count). The average molecular weight is 269 g/mol. The first-order valence-electron chi connectivity index (χ1n) is 6.64. The molecule has 2 nitrogen and oxygen atoms in total. The van der Waals surface area contributed by atoms with E-state index < -0.39 is 0 Å². The van der Waals surface area contributed by atoms with Crippen LogP contribution in [-0.4, -0.2) is 12.6 Å². The van der Waals surface area contributed by atoms with Crippen LogP contribution in [0.3, 0.4) is 0 Å². The van der Waals surface area contributed by atoms with Crippen molar-refractivity contribution in [2.24, 2.45) is 0 Å². The van der Waals surface area contributed by atoms with Gasteiger partial charge in [-0.05, 0) is 37.0 Å². The first-order valence-corrected chi connectivity index (χ1v) is 7.02. The lowest BCUT2D eigenvalue weighted by atomic mass is 10.1. The summed E-state index contributed by atoms with van der Waals surface area (Å²) in [5, 5.41) is 0.661. The van der Waals surface area contributed by atoms with Crippen LogP contribution >= 0.6 is 11.6 Å². The molecule has 100 valence electrons. The van der Waals surface area contributed by atoms with E-state index in [1.807, 2.05) is 6.07 Å². The van der Waals surface area contributed by atoms with Crippen molar-refractivity contribution in [3.8, 4) is 0 Å². The highest BCUT2D eigenvalue weighted by Gasteiger charge is 2.09. The number of halogens is 1. The lowest BCUT2D eigenvalue weighted by Gasteiger charge is -2.07. The van der Waals surface area contributed by atoms with Crippen LogP contribution in [0.4, 0.5) is 0 Å². The van der Waals surface area contributed by atoms with Gasteiger partial charge in [-0.3, -0.25) is 0 Å². The van der Waals surface area contributed by atoms with Crippen LogP contribution in [0.25, 0.3) is 0 Å². The molecule has 0 radical (unpaired) electrons. The van der Waals surface area contributed by atoms with Crippen molar-refractivity contribution in [3.05, 3.63) is 34.3 Å². The quantitative estimate of drug-likeness (QED) is 0.532. The number of benzene rings is 1. The fourth-order valence-corrected chi connectivity index (χ4v) is 1.91. The minimum absolute atomic E-state index is 0.285. The van der Waals surface area contributed by atoms with E-state index >= 15 is 0 Å². The van der Waals surface area contributed by atoms with Gasteiger partial charge in [0.05, 0.1) is 12.2 Å². The van der Waals surface area contributed by atoms with Crippen LogP contribution < -0.4 is 0 Å². The third-order valence-corrected chi connectivity index (χ3v) is 3.17. The van der Waals surface area contributed by atoms with Crippen LogP contribution in [0.15, 0.2) is 18.2 Å². The third kappa shape index (κ3) is 4.69. The van der Waals surface area contributed by atoms with Gasteiger partial charge in [0.15, 0.2) is 0 Å². The molecule has 0 atom stereocenters. The summed E-state index contributed by atoms with van der Waals surface area (Å²) in [7, 11) is 0. The number of rotatable bonds is 7. The van der Waals surface area contributed by atoms with Crippen LogP contribution in [0, 0.1) is 0 Å². The van der Waals surface area contributed by atoms with E-state index in [1.54, 1.807) is 12.1 Å². The van der Waals surface area contributed by atoms with Gasteiger partial charge in [0.2, 0.25) is 0 Å². The Kier molecular flexibility index (Phi) is 6.81. The van der Waals surface area contributed by atoms with Gasteiger partial charge in [0.1, 0.15) is 0 Å². The number of hydrogen-bond acceptors (Lipinski definition) is 2. The fraction of sp³-hybridized carbons (Fsp3) is 0.533. The molecule has 1 aromatic rings. The smallest absolute Gasteiger partial charge is 0.338 e. The maximum Gasteiger partial charge on any atom is 0.338 e. The lowest BCUT2D eigenvalue weighted by molar-refractivity contribution is 0.0499. The van der Waals surface area contributed by atoms with Crippen molar-refractivity contribution in [2.75, 3.05) is 6.61 Å². The van der Waals surface area contributed by atoms with Crippen molar-refractivity contribution in [2.45, 2.75) is 46.0 Å². The van der Waals surface area contributed by atoms with Gasteiger partial charge in [0.25, 0.3) is 0 Å². The first kappa shape index (κ1) is 15.0. The first-order chi connectivity index (χ1) is 8.69. The molecule has 1 aromatic carbocycles. The molecule has 0 fully saturated rings. The van der Waals surface area contributed by atoms with E-state index in [9.17, 15) is 4.79 Å². The van der Waals surface area contributed by atoms with Gasteiger partial charge < -0.3 is 4.74 Å². The van der Waals surface area contributed by atoms with Crippen molar-refractivity contribution >= 4 is 17.6 Å². The van der Waals surface area contributed by atoms with E-state index in [1.165, 1.54) is 0 Å². The number of unbranched alkanes of at least 4 members (excludes halogenated alkanes) is 2. The Balaban J connectivity index is 2.62. The Morgan fingerprint density at radius 1 is 1.22 bits per heavy atom. The Morgan fingerprint density at radius 2 is 1.94 bits per heavy atom. The Labute approximate surface area is 114 Å². The molecule has 0 bridgehead atoms. The summed E-state index contributed by atoms with van der Waals surface area (Å²) in [4.78, 5) is 11.7. The molecule has 18 heavy (non-hydrogen) atoms. The van der Waals surface area contributed by atoms with Crippen LogP contribution in [-0.2, 0) is 11.2 Å². The van der Waals surface area contributed by atoms with E-state index in [2.05, 4.69) is 13.8 Å². The molecule has 0 aliphatic heterocycles. The Bertz CT molecular complexity index is 388. The number of hydrogen-bond donors (Lipinski definition) is 0. The van der Waals surface area contributed by atoms with Gasteiger partial charge in [0, 0.05) is 5.02 Å². The number of aryl methyl sites for hydroxylation is 1. The summed E-state index contributed by atoms with van der Waals surface area (Å²) in [6, 6.07) is 5.43. The highest BCUT2D eigenvalue weighted by Crippen LogP contribution is 2.20. The summed E-state index contributed by atoms with van der Waals surface area (Å²) in [6.45, 7) is 4.69. The molecule has 0 heterocycles. The summed E-state index contributed by atoms with van der Waals surface area (Å²) in [5.41, 5.74) is 1.64. The number of esters is 1. The van der Waals surface area contributed by atoms with Gasteiger partial charge in [-0.15, -0.1) is 0 Å². The van der Waals surface area contributed by atoms with Gasteiger partial charge in [-0.25, -0.2) is 4.79 Å². The predicted molar refractivity (Wildman–Crippen MR) is 75.3 cm³/mol. The van der Waals surface area contributed by atoms with E-state index in [4.69, 9.17) is 16.3 Å². The molecule has 0 aromatic heterocycles. The van der Waals surface area contributed by atoms with Gasteiger partial charge >= 0.3 is 5.97 Å². The van der Waals surface area contributed by atoms with Crippen LogP contribution in [0.1, 0.15) is 55.5 Å². The topological polar surface area (TPSA) is 26.3 Å². The second-order valence-electron chi connectivity index (χ2n) is 4.40. The van der Waals surface area contributed by atoms with Crippen molar-refractivity contribution in [3.63, 3.8) is 0 Å². The summed E-state index contributed by atoms with van der Waals surface area (Å²) in [5.74, 6) is -0.285. The lowest BCUT2D eigenvalue weighted by Crippen LogP contribution is -2.06. The standard InChI is InChI=1S/C15H21ClO2/c1-3-5-7-12-8-9-13(11-14(12)16)15(17)18-10-6-4-2/h8-9,11H,3-7,10H2,1-2H3. The number of carbonyl (C=O) groups is 1. The van der Waals surface area contributed by atoms with Gasteiger partial charge in [-0.1, -0.05) is 44.4 Å². The van der Waals surface area contributed by atoms with Crippen molar-refractivity contribution < 1.29 is 9.53 Å². The second kappa shape index (κ2) is 8.15. The molecule has 3 heteroatoms. The van der Waals surface area contributed by atoms with Crippen LogP contribution in [0.2, 0.25) is 5.02 Å². The fourth-order valence-electron chi connectivity index (χ4n) is 1.64. The average Bonchev–Trinajstić information content (AvgIpc) is 2.37. The number of carbonyl (C=O) groups excluding carboxylic acids is 1. The molecule has 0 unspecified atom stereocenters. The van der Waals surface area contributed by atoms with E-state index in [0.717, 1.165) is 37.7 Å². The normalized spacial score (nSPS) is 10.4. The predicted octanol–water partition coefficient (Wildman–Crippen LogP) is 4.64. The van der Waals surface area contributed by atoms with Crippen molar-refractivity contribution in [1.29, 1.82) is 0 Å². The molecule has 0 saturated heterocycles. The van der Waals surface area contributed by atoms with E-state index in [-0.39, 0.29) is 5.97 Å². The molecule has 0 N–H and O–H groups in total. The SMILES string of the molecule is CCCCOC(=O)c1ccc(CCCC)c(Cl)c1. The zero-order valence-corrected chi connectivity index (χ0v) is 11.9. The molecule has 0 aliphatic rings. The third-order valence-electron chi connectivity index (χ3n) is 2.82. The molecular weight excluding hydrogens is 248 g/mol. The second-order valence-corrected chi connectivity index (χ2v) is 4.81. The van der Waals surface area contributed by atoms with Gasteiger partial charge in [-0.2, -0.15) is 0 Å². The Morgan fingerprint density at radius 3 is 2.56 bits per heavy atom. The van der Waals surface area contributed by atoms with Crippen LogP contribution in [0.5, 0.6) is 0 Å². The monoisotopic (exact) mass is 268 g/mol. The summed E-state index contributed by atoms with van der Waals surface area (Å²) < 4.78 is 5.15. The molecule has 0 spiro atoms. The largest absolute Gasteiger partial charge is 0.462 e.